The van der Waals surface area contributed by atoms with Crippen molar-refractivity contribution < 1.29 is 9.18 Å². The fraction of sp³-hybridized carbons (Fsp3) is 0.316. The van der Waals surface area contributed by atoms with Crippen LogP contribution in [0.1, 0.15) is 17.5 Å². The number of hydrogen-bond donors (Lipinski definition) is 2. The largest absolute Gasteiger partial charge is 0.356 e. The number of hydrogen-bond acceptors (Lipinski definition) is 2. The van der Waals surface area contributed by atoms with Crippen LogP contribution >= 0.6 is 23.2 Å². The van der Waals surface area contributed by atoms with Gasteiger partial charge in [0, 0.05) is 29.6 Å². The minimum absolute atomic E-state index is 0.0246. The van der Waals surface area contributed by atoms with E-state index < -0.39 is 0 Å². The summed E-state index contributed by atoms with van der Waals surface area (Å²) in [6, 6.07) is 12.1. The second-order valence-electron chi connectivity index (χ2n) is 5.68. The van der Waals surface area contributed by atoms with Crippen molar-refractivity contribution in [2.75, 3.05) is 19.6 Å². The zero-order valence-electron chi connectivity index (χ0n) is 13.8. The summed E-state index contributed by atoms with van der Waals surface area (Å²) in [7, 11) is 0. The Kier molecular flexibility index (Phi) is 8.19. The van der Waals surface area contributed by atoms with Crippen molar-refractivity contribution in [3.63, 3.8) is 0 Å². The Morgan fingerprint density at radius 2 is 1.72 bits per heavy atom. The second-order valence-corrected chi connectivity index (χ2v) is 6.52. The summed E-state index contributed by atoms with van der Waals surface area (Å²) in [5, 5.41) is 7.22. The summed E-state index contributed by atoms with van der Waals surface area (Å²) in [6.07, 6.45) is 1.64. The van der Waals surface area contributed by atoms with E-state index in [1.54, 1.807) is 24.3 Å². The summed E-state index contributed by atoms with van der Waals surface area (Å²) >= 11 is 11.9. The van der Waals surface area contributed by atoms with Crippen LogP contribution in [0, 0.1) is 5.82 Å². The van der Waals surface area contributed by atoms with Crippen LogP contribution in [0.25, 0.3) is 0 Å². The lowest BCUT2D eigenvalue weighted by Crippen LogP contribution is -2.30. The van der Waals surface area contributed by atoms with Crippen molar-refractivity contribution in [1.29, 1.82) is 0 Å². The van der Waals surface area contributed by atoms with Crippen LogP contribution in [-0.4, -0.2) is 25.5 Å². The minimum atomic E-state index is -0.192. The molecule has 0 aliphatic heterocycles. The van der Waals surface area contributed by atoms with Crippen LogP contribution in [0.4, 0.5) is 4.39 Å². The molecule has 1 amide bonds. The van der Waals surface area contributed by atoms with Gasteiger partial charge < -0.3 is 10.6 Å². The zero-order chi connectivity index (χ0) is 18.1. The van der Waals surface area contributed by atoms with Gasteiger partial charge in [-0.05, 0) is 48.7 Å². The first-order chi connectivity index (χ1) is 12.1. The first kappa shape index (κ1) is 19.7. The molecule has 0 unspecified atom stereocenters. The summed E-state index contributed by atoms with van der Waals surface area (Å²) in [5.41, 5.74) is 1.63. The molecule has 0 aromatic heterocycles. The van der Waals surface area contributed by atoms with E-state index in [2.05, 4.69) is 10.6 Å². The van der Waals surface area contributed by atoms with Crippen LogP contribution in [0.3, 0.4) is 0 Å². The highest BCUT2D eigenvalue weighted by atomic mass is 35.5. The Labute approximate surface area is 157 Å². The average Bonchev–Trinajstić information content (AvgIpc) is 2.58. The number of amides is 1. The smallest absolute Gasteiger partial charge is 0.221 e. The standard InChI is InChI=1S/C19H21Cl2FN2O/c20-16-6-5-14(17(21)13-16)8-12-24-19(25)9-11-23-10-7-15-3-1-2-4-18(15)22/h1-6,13,23H,7-12H2,(H,24,25). The van der Waals surface area contributed by atoms with Crippen LogP contribution in [-0.2, 0) is 17.6 Å². The molecule has 0 saturated carbocycles. The van der Waals surface area contributed by atoms with Crippen molar-refractivity contribution in [2.45, 2.75) is 19.3 Å². The fourth-order valence-electron chi connectivity index (χ4n) is 2.40. The van der Waals surface area contributed by atoms with E-state index in [0.717, 1.165) is 5.56 Å². The fourth-order valence-corrected chi connectivity index (χ4v) is 2.90. The molecule has 6 heteroatoms. The van der Waals surface area contributed by atoms with Gasteiger partial charge in [0.15, 0.2) is 0 Å². The summed E-state index contributed by atoms with van der Waals surface area (Å²) in [5.74, 6) is -0.216. The third-order valence-corrected chi connectivity index (χ3v) is 4.38. The topological polar surface area (TPSA) is 41.1 Å². The van der Waals surface area contributed by atoms with Crippen LogP contribution in [0.15, 0.2) is 42.5 Å². The highest BCUT2D eigenvalue weighted by molar-refractivity contribution is 6.35. The van der Waals surface area contributed by atoms with Gasteiger partial charge in [-0.25, -0.2) is 4.39 Å². The number of rotatable bonds is 9. The molecule has 0 aliphatic carbocycles. The maximum atomic E-state index is 13.4. The van der Waals surface area contributed by atoms with Gasteiger partial charge in [0.25, 0.3) is 0 Å². The van der Waals surface area contributed by atoms with E-state index >= 15 is 0 Å². The molecule has 134 valence electrons. The molecule has 0 radical (unpaired) electrons. The molecule has 0 saturated heterocycles. The lowest BCUT2D eigenvalue weighted by Gasteiger charge is -2.08. The summed E-state index contributed by atoms with van der Waals surface area (Å²) in [6.45, 7) is 1.71. The molecule has 2 aromatic carbocycles. The Balaban J connectivity index is 1.57. The van der Waals surface area contributed by atoms with Crippen LogP contribution in [0.5, 0.6) is 0 Å². The molecule has 0 aliphatic rings. The molecule has 2 N–H and O–H groups in total. The Morgan fingerprint density at radius 1 is 0.960 bits per heavy atom. The van der Waals surface area contributed by atoms with Crippen LogP contribution < -0.4 is 10.6 Å². The van der Waals surface area contributed by atoms with E-state index in [0.29, 0.717) is 54.5 Å². The zero-order valence-corrected chi connectivity index (χ0v) is 15.3. The van der Waals surface area contributed by atoms with Crippen molar-refractivity contribution in [1.82, 2.24) is 10.6 Å². The van der Waals surface area contributed by atoms with Gasteiger partial charge in [0.2, 0.25) is 5.91 Å². The van der Waals surface area contributed by atoms with Gasteiger partial charge in [-0.3, -0.25) is 4.79 Å². The van der Waals surface area contributed by atoms with Gasteiger partial charge in [0.1, 0.15) is 5.82 Å². The van der Waals surface area contributed by atoms with Gasteiger partial charge in [-0.1, -0.05) is 47.5 Å². The third-order valence-electron chi connectivity index (χ3n) is 3.79. The molecule has 0 spiro atoms. The average molecular weight is 383 g/mol. The minimum Gasteiger partial charge on any atom is -0.356 e. The first-order valence-corrected chi connectivity index (χ1v) is 8.96. The molecule has 0 atom stereocenters. The van der Waals surface area contributed by atoms with E-state index in [1.807, 2.05) is 12.1 Å². The van der Waals surface area contributed by atoms with Gasteiger partial charge >= 0.3 is 0 Å². The molecule has 0 heterocycles. The molecule has 2 rings (SSSR count). The molecule has 2 aromatic rings. The lowest BCUT2D eigenvalue weighted by molar-refractivity contribution is -0.120. The monoisotopic (exact) mass is 382 g/mol. The first-order valence-electron chi connectivity index (χ1n) is 8.21. The predicted octanol–water partition coefficient (Wildman–Crippen LogP) is 4.01. The number of halogens is 3. The van der Waals surface area contributed by atoms with Crippen molar-refractivity contribution in [2.24, 2.45) is 0 Å². The van der Waals surface area contributed by atoms with Crippen LogP contribution in [0.2, 0.25) is 10.0 Å². The highest BCUT2D eigenvalue weighted by Crippen LogP contribution is 2.21. The number of carbonyl (C=O) groups excluding carboxylic acids is 1. The Hall–Kier alpha value is -1.62. The molecular formula is C19H21Cl2FN2O. The third kappa shape index (κ3) is 7.02. The predicted molar refractivity (Wildman–Crippen MR) is 101 cm³/mol. The Morgan fingerprint density at radius 3 is 2.48 bits per heavy atom. The normalized spacial score (nSPS) is 10.7. The maximum absolute atomic E-state index is 13.4. The highest BCUT2D eigenvalue weighted by Gasteiger charge is 2.04. The quantitative estimate of drug-likeness (QED) is 0.643. The SMILES string of the molecule is O=C(CCNCCc1ccccc1F)NCCc1ccc(Cl)cc1Cl. The van der Waals surface area contributed by atoms with E-state index in [-0.39, 0.29) is 11.7 Å². The van der Waals surface area contributed by atoms with Gasteiger partial charge in [0.05, 0.1) is 0 Å². The lowest BCUT2D eigenvalue weighted by atomic mass is 10.1. The molecule has 3 nitrogen and oxygen atoms in total. The Bertz CT molecular complexity index is 710. The van der Waals surface area contributed by atoms with Crippen molar-refractivity contribution in [3.05, 3.63) is 69.5 Å². The molecule has 0 fully saturated rings. The number of nitrogens with one attached hydrogen (secondary N) is 2. The van der Waals surface area contributed by atoms with E-state index in [9.17, 15) is 9.18 Å². The second kappa shape index (κ2) is 10.4. The number of carbonyl (C=O) groups is 1. The van der Waals surface area contributed by atoms with Gasteiger partial charge in [-0.2, -0.15) is 0 Å². The molecular weight excluding hydrogens is 362 g/mol. The van der Waals surface area contributed by atoms with Crippen molar-refractivity contribution in [3.8, 4) is 0 Å². The van der Waals surface area contributed by atoms with Gasteiger partial charge in [-0.15, -0.1) is 0 Å². The van der Waals surface area contributed by atoms with E-state index in [4.69, 9.17) is 23.2 Å². The molecule has 25 heavy (non-hydrogen) atoms. The molecule has 0 bridgehead atoms. The van der Waals surface area contributed by atoms with Crippen molar-refractivity contribution >= 4 is 29.1 Å². The number of benzene rings is 2. The summed E-state index contributed by atoms with van der Waals surface area (Å²) in [4.78, 5) is 11.8. The summed E-state index contributed by atoms with van der Waals surface area (Å²) < 4.78 is 13.4. The van der Waals surface area contributed by atoms with E-state index in [1.165, 1.54) is 6.07 Å². The maximum Gasteiger partial charge on any atom is 0.221 e.